The van der Waals surface area contributed by atoms with Crippen molar-refractivity contribution in [2.45, 2.75) is 24.2 Å². The number of halogens is 3. The number of imidazole rings is 1. The quantitative estimate of drug-likeness (QED) is 0.403. The monoisotopic (exact) mass is 460 g/mol. The zero-order chi connectivity index (χ0) is 22.7. The predicted molar refractivity (Wildman–Crippen MR) is 115 cm³/mol. The van der Waals surface area contributed by atoms with Crippen LogP contribution in [0.3, 0.4) is 0 Å². The molecular formula is C21H19F3N6OS. The molecular weight excluding hydrogens is 441 g/mol. The number of fused-ring (bicyclic) bond motifs is 1. The number of alkyl halides is 3. The molecule has 0 unspecified atom stereocenters. The molecule has 0 aliphatic carbocycles. The maximum Gasteiger partial charge on any atom is 0.416 e. The zero-order valence-corrected chi connectivity index (χ0v) is 17.8. The van der Waals surface area contributed by atoms with Gasteiger partial charge in [-0.3, -0.25) is 4.79 Å². The van der Waals surface area contributed by atoms with E-state index >= 15 is 0 Å². The van der Waals surface area contributed by atoms with Crippen molar-refractivity contribution >= 4 is 34.4 Å². The van der Waals surface area contributed by atoms with Crippen LogP contribution in [0.2, 0.25) is 0 Å². The van der Waals surface area contributed by atoms with Crippen LogP contribution in [-0.2, 0) is 30.9 Å². The summed E-state index contributed by atoms with van der Waals surface area (Å²) in [5.41, 5.74) is 1.16. The largest absolute Gasteiger partial charge is 0.416 e. The van der Waals surface area contributed by atoms with Gasteiger partial charge in [0.2, 0.25) is 5.91 Å². The van der Waals surface area contributed by atoms with Crippen LogP contribution in [-0.4, -0.2) is 36.4 Å². The van der Waals surface area contributed by atoms with Crippen molar-refractivity contribution in [3.8, 4) is 0 Å². The molecule has 7 nitrogen and oxygen atoms in total. The number of benzene rings is 2. The summed E-state index contributed by atoms with van der Waals surface area (Å²) in [6.07, 6.45) is -3.20. The van der Waals surface area contributed by atoms with Gasteiger partial charge in [-0.2, -0.15) is 13.2 Å². The van der Waals surface area contributed by atoms with Crippen molar-refractivity contribution in [2.75, 3.05) is 11.1 Å². The van der Waals surface area contributed by atoms with E-state index in [1.807, 2.05) is 24.3 Å². The fourth-order valence-electron chi connectivity index (χ4n) is 3.14. The van der Waals surface area contributed by atoms with E-state index in [9.17, 15) is 18.0 Å². The predicted octanol–water partition coefficient (Wildman–Crippen LogP) is 4.23. The number of hydrogen-bond acceptors (Lipinski definition) is 5. The molecule has 0 atom stereocenters. The minimum atomic E-state index is -4.47. The Hall–Kier alpha value is -3.34. The van der Waals surface area contributed by atoms with Gasteiger partial charge in [0.25, 0.3) is 0 Å². The molecule has 32 heavy (non-hydrogen) atoms. The van der Waals surface area contributed by atoms with Crippen LogP contribution >= 0.6 is 11.8 Å². The third-order valence-electron chi connectivity index (χ3n) is 4.75. The van der Waals surface area contributed by atoms with Crippen molar-refractivity contribution < 1.29 is 18.0 Å². The molecule has 11 heteroatoms. The van der Waals surface area contributed by atoms with Crippen LogP contribution in [0.4, 0.5) is 18.9 Å². The smallest absolute Gasteiger partial charge is 0.342 e. The maximum atomic E-state index is 12.8. The number of H-pyrrole nitrogens is 1. The molecule has 0 radical (unpaired) electrons. The van der Waals surface area contributed by atoms with Crippen molar-refractivity contribution in [3.05, 3.63) is 65.7 Å². The maximum absolute atomic E-state index is 12.8. The molecule has 166 valence electrons. The molecule has 0 saturated carbocycles. The first-order valence-electron chi connectivity index (χ1n) is 9.71. The molecule has 2 aromatic heterocycles. The number of para-hydroxylation sites is 2. The van der Waals surface area contributed by atoms with Gasteiger partial charge in [0, 0.05) is 25.6 Å². The van der Waals surface area contributed by atoms with Crippen molar-refractivity contribution in [1.29, 1.82) is 0 Å². The summed E-state index contributed by atoms with van der Waals surface area (Å²) >= 11 is 1.16. The minimum absolute atomic E-state index is 0.00814. The van der Waals surface area contributed by atoms with Gasteiger partial charge < -0.3 is 14.9 Å². The fourth-order valence-corrected chi connectivity index (χ4v) is 3.87. The number of carbonyl (C=O) groups is 1. The number of aromatic amines is 1. The third-order valence-corrected chi connectivity index (χ3v) is 5.78. The lowest BCUT2D eigenvalue weighted by Gasteiger charge is -2.09. The van der Waals surface area contributed by atoms with E-state index in [4.69, 9.17) is 0 Å². The lowest BCUT2D eigenvalue weighted by atomic mass is 10.2. The first-order valence-corrected chi connectivity index (χ1v) is 10.7. The average molecular weight is 460 g/mol. The number of nitrogens with zero attached hydrogens (tertiary/aromatic N) is 4. The SMILES string of the molecule is Cn1c(CCc2nc3ccccc3[nH]2)nnc1SCC(=O)Nc1cccc(C(F)(F)F)c1. The number of aryl methyl sites for hydroxylation is 2. The highest BCUT2D eigenvalue weighted by molar-refractivity contribution is 7.99. The Morgan fingerprint density at radius 3 is 2.72 bits per heavy atom. The molecule has 0 spiro atoms. The summed E-state index contributed by atoms with van der Waals surface area (Å²) in [5, 5.41) is 11.3. The van der Waals surface area contributed by atoms with Gasteiger partial charge >= 0.3 is 6.18 Å². The highest BCUT2D eigenvalue weighted by Crippen LogP contribution is 2.30. The molecule has 0 aliphatic rings. The topological polar surface area (TPSA) is 88.5 Å². The Morgan fingerprint density at radius 1 is 1.12 bits per heavy atom. The average Bonchev–Trinajstić information content (AvgIpc) is 3.33. The normalized spacial score (nSPS) is 11.8. The van der Waals surface area contributed by atoms with Gasteiger partial charge in [-0.25, -0.2) is 4.98 Å². The summed E-state index contributed by atoms with van der Waals surface area (Å²) in [5.74, 6) is 1.16. The molecule has 0 bridgehead atoms. The molecule has 2 heterocycles. The molecule has 2 N–H and O–H groups in total. The van der Waals surface area contributed by atoms with E-state index < -0.39 is 17.6 Å². The minimum Gasteiger partial charge on any atom is -0.342 e. The molecule has 0 saturated heterocycles. The van der Waals surface area contributed by atoms with Gasteiger partial charge in [0.1, 0.15) is 11.6 Å². The fraction of sp³-hybridized carbons (Fsp3) is 0.238. The van der Waals surface area contributed by atoms with E-state index in [2.05, 4.69) is 25.5 Å². The number of thioether (sulfide) groups is 1. The second-order valence-corrected chi connectivity index (χ2v) is 8.02. The molecule has 4 aromatic rings. The van der Waals surface area contributed by atoms with Crippen LogP contribution in [0.5, 0.6) is 0 Å². The standard InChI is InChI=1S/C21H19F3N6OS/c1-30-18(10-9-17-26-15-7-2-3-8-16(15)27-17)28-29-20(30)32-12-19(31)25-14-6-4-5-13(11-14)21(22,23)24/h2-8,11H,9-10,12H2,1H3,(H,25,31)(H,26,27). The van der Waals surface area contributed by atoms with E-state index in [1.54, 1.807) is 11.6 Å². The lowest BCUT2D eigenvalue weighted by molar-refractivity contribution is -0.137. The number of rotatable bonds is 7. The second-order valence-electron chi connectivity index (χ2n) is 7.07. The summed E-state index contributed by atoms with van der Waals surface area (Å²) < 4.78 is 40.2. The van der Waals surface area contributed by atoms with E-state index in [1.165, 1.54) is 12.1 Å². The van der Waals surface area contributed by atoms with Crippen LogP contribution < -0.4 is 5.32 Å². The molecule has 2 aromatic carbocycles. The number of hydrogen-bond donors (Lipinski definition) is 2. The second kappa shape index (κ2) is 9.03. The summed E-state index contributed by atoms with van der Waals surface area (Å²) in [7, 11) is 1.81. The first-order chi connectivity index (χ1) is 15.3. The highest BCUT2D eigenvalue weighted by atomic mass is 32.2. The van der Waals surface area contributed by atoms with Crippen LogP contribution in [0.1, 0.15) is 17.2 Å². The van der Waals surface area contributed by atoms with Gasteiger partial charge in [-0.1, -0.05) is 30.0 Å². The Kier molecular flexibility index (Phi) is 6.17. The molecule has 0 aliphatic heterocycles. The van der Waals surface area contributed by atoms with Crippen molar-refractivity contribution in [1.82, 2.24) is 24.7 Å². The van der Waals surface area contributed by atoms with E-state index in [-0.39, 0.29) is 11.4 Å². The van der Waals surface area contributed by atoms with Gasteiger partial charge in [0.15, 0.2) is 5.16 Å². The van der Waals surface area contributed by atoms with Crippen molar-refractivity contribution in [3.63, 3.8) is 0 Å². The Morgan fingerprint density at radius 2 is 1.94 bits per heavy atom. The van der Waals surface area contributed by atoms with Gasteiger partial charge in [-0.15, -0.1) is 10.2 Å². The number of anilines is 1. The van der Waals surface area contributed by atoms with Crippen LogP contribution in [0.25, 0.3) is 11.0 Å². The van der Waals surface area contributed by atoms with Crippen LogP contribution in [0.15, 0.2) is 53.7 Å². The third kappa shape index (κ3) is 5.10. The Labute approximate surface area is 185 Å². The summed E-state index contributed by atoms with van der Waals surface area (Å²) in [6, 6.07) is 12.3. The lowest BCUT2D eigenvalue weighted by Crippen LogP contribution is -2.15. The Bertz CT molecular complexity index is 1220. The molecule has 1 amide bonds. The van der Waals surface area contributed by atoms with Crippen molar-refractivity contribution in [2.24, 2.45) is 7.05 Å². The number of nitrogens with one attached hydrogen (secondary N) is 2. The number of carbonyl (C=O) groups excluding carboxylic acids is 1. The molecule has 0 fully saturated rings. The summed E-state index contributed by atoms with van der Waals surface area (Å²) in [6.45, 7) is 0. The highest BCUT2D eigenvalue weighted by Gasteiger charge is 2.30. The van der Waals surface area contributed by atoms with Gasteiger partial charge in [-0.05, 0) is 30.3 Å². The van der Waals surface area contributed by atoms with E-state index in [0.717, 1.165) is 46.6 Å². The number of amides is 1. The zero-order valence-electron chi connectivity index (χ0n) is 17.0. The number of aromatic nitrogens is 5. The summed E-state index contributed by atoms with van der Waals surface area (Å²) in [4.78, 5) is 20.0. The first kappa shape index (κ1) is 21.9. The van der Waals surface area contributed by atoms with Crippen LogP contribution in [0, 0.1) is 0 Å². The van der Waals surface area contributed by atoms with Gasteiger partial charge in [0.05, 0.1) is 22.3 Å². The molecule has 4 rings (SSSR count). The van der Waals surface area contributed by atoms with E-state index in [0.29, 0.717) is 18.0 Å². The Balaban J connectivity index is 1.32.